The number of hydrogen-bond donors (Lipinski definition) is 4. The maximum absolute atomic E-state index is 9.62. The van der Waals surface area contributed by atoms with Crippen molar-refractivity contribution in [3.63, 3.8) is 0 Å². The Morgan fingerprint density at radius 1 is 0.731 bits per heavy atom. The summed E-state index contributed by atoms with van der Waals surface area (Å²) in [7, 11) is 0. The Kier molecular flexibility index (Phi) is 4.62. The number of phenols is 2. The Bertz CT molecular complexity index is 856. The molecular formula is C19H21N5O2. The Morgan fingerprint density at radius 3 is 1.58 bits per heavy atom. The number of nitrogens with one attached hydrogen (secondary N) is 2. The van der Waals surface area contributed by atoms with Gasteiger partial charge < -0.3 is 20.8 Å². The highest BCUT2D eigenvalue weighted by molar-refractivity contribution is 5.59. The molecule has 26 heavy (non-hydrogen) atoms. The molecule has 3 rings (SSSR count). The molecule has 0 saturated carbocycles. The summed E-state index contributed by atoms with van der Waals surface area (Å²) in [5.74, 6) is 1.63. The number of hydrogen-bond acceptors (Lipinski definition) is 7. The lowest BCUT2D eigenvalue weighted by Gasteiger charge is -2.18. The molecule has 0 aliphatic carbocycles. The molecule has 7 heteroatoms. The topological polar surface area (TPSA) is 103 Å². The Morgan fingerprint density at radius 2 is 1.19 bits per heavy atom. The first-order valence-electron chi connectivity index (χ1n) is 8.18. The van der Waals surface area contributed by atoms with Gasteiger partial charge in [0.05, 0.1) is 0 Å². The van der Waals surface area contributed by atoms with Crippen molar-refractivity contribution in [2.24, 2.45) is 0 Å². The SMILES string of the molecule is CC(C)(C)c1nc(Nc2cccc(O)c2)nc(Nc2cccc(O)c2)n1. The van der Waals surface area contributed by atoms with Crippen LogP contribution in [0.3, 0.4) is 0 Å². The van der Waals surface area contributed by atoms with E-state index in [1.807, 2.05) is 32.9 Å². The summed E-state index contributed by atoms with van der Waals surface area (Å²) >= 11 is 0. The lowest BCUT2D eigenvalue weighted by Crippen LogP contribution is -2.19. The average Bonchev–Trinajstić information content (AvgIpc) is 2.54. The van der Waals surface area contributed by atoms with E-state index in [1.165, 1.54) is 0 Å². The molecule has 4 N–H and O–H groups in total. The molecule has 3 aromatic rings. The standard InChI is InChI=1S/C19H21N5O2/c1-19(2,3)16-22-17(20-12-6-4-8-14(25)10-12)24-18(23-16)21-13-7-5-9-15(26)11-13/h4-11,25-26H,1-3H3,(H2,20,21,22,23,24). The van der Waals surface area contributed by atoms with Crippen LogP contribution in [0, 0.1) is 0 Å². The maximum Gasteiger partial charge on any atom is 0.232 e. The Hall–Kier alpha value is -3.35. The average molecular weight is 351 g/mol. The monoisotopic (exact) mass is 351 g/mol. The number of aromatic hydroxyl groups is 2. The molecule has 0 aliphatic heterocycles. The minimum atomic E-state index is -0.284. The normalized spacial score (nSPS) is 11.2. The molecule has 0 bridgehead atoms. The van der Waals surface area contributed by atoms with Gasteiger partial charge in [-0.1, -0.05) is 32.9 Å². The highest BCUT2D eigenvalue weighted by atomic mass is 16.3. The third-order valence-electron chi connectivity index (χ3n) is 3.51. The van der Waals surface area contributed by atoms with E-state index in [2.05, 4.69) is 25.6 Å². The smallest absolute Gasteiger partial charge is 0.232 e. The van der Waals surface area contributed by atoms with E-state index in [-0.39, 0.29) is 16.9 Å². The molecule has 0 amide bonds. The number of rotatable bonds is 4. The molecule has 0 saturated heterocycles. The second-order valence-corrected chi connectivity index (χ2v) is 6.91. The van der Waals surface area contributed by atoms with Gasteiger partial charge in [-0.2, -0.15) is 15.0 Å². The predicted molar refractivity (Wildman–Crippen MR) is 101 cm³/mol. The van der Waals surface area contributed by atoms with Crippen molar-refractivity contribution in [3.05, 3.63) is 54.4 Å². The highest BCUT2D eigenvalue weighted by Crippen LogP contribution is 2.25. The van der Waals surface area contributed by atoms with Crippen LogP contribution in [0.5, 0.6) is 11.5 Å². The van der Waals surface area contributed by atoms with Crippen LogP contribution in [0.25, 0.3) is 0 Å². The molecule has 0 spiro atoms. The summed E-state index contributed by atoms with van der Waals surface area (Å²) in [6, 6.07) is 13.4. The highest BCUT2D eigenvalue weighted by Gasteiger charge is 2.20. The van der Waals surface area contributed by atoms with Gasteiger partial charge in [0.15, 0.2) is 0 Å². The van der Waals surface area contributed by atoms with Gasteiger partial charge in [-0.15, -0.1) is 0 Å². The van der Waals surface area contributed by atoms with Gasteiger partial charge in [0.2, 0.25) is 11.9 Å². The van der Waals surface area contributed by atoms with Gasteiger partial charge in [0.1, 0.15) is 17.3 Å². The molecular weight excluding hydrogens is 330 g/mol. The lowest BCUT2D eigenvalue weighted by atomic mass is 9.96. The van der Waals surface area contributed by atoms with Crippen LogP contribution in [-0.2, 0) is 5.41 Å². The van der Waals surface area contributed by atoms with E-state index < -0.39 is 0 Å². The predicted octanol–water partition coefficient (Wildman–Crippen LogP) is 4.07. The van der Waals surface area contributed by atoms with Gasteiger partial charge in [-0.25, -0.2) is 0 Å². The molecule has 1 aromatic heterocycles. The van der Waals surface area contributed by atoms with Crippen molar-refractivity contribution < 1.29 is 10.2 Å². The minimum absolute atomic E-state index is 0.151. The first-order chi connectivity index (χ1) is 12.3. The number of anilines is 4. The molecule has 0 aliphatic rings. The lowest BCUT2D eigenvalue weighted by molar-refractivity contribution is 0.475. The van der Waals surface area contributed by atoms with Crippen molar-refractivity contribution in [1.29, 1.82) is 0 Å². The molecule has 134 valence electrons. The summed E-state index contributed by atoms with van der Waals surface area (Å²) in [5.41, 5.74) is 1.05. The fourth-order valence-electron chi connectivity index (χ4n) is 2.25. The van der Waals surface area contributed by atoms with Crippen molar-refractivity contribution >= 4 is 23.3 Å². The number of nitrogens with zero attached hydrogens (tertiary/aromatic N) is 3. The molecule has 0 atom stereocenters. The maximum atomic E-state index is 9.62. The molecule has 0 fully saturated rings. The van der Waals surface area contributed by atoms with Crippen molar-refractivity contribution in [2.45, 2.75) is 26.2 Å². The van der Waals surface area contributed by atoms with Crippen LogP contribution >= 0.6 is 0 Å². The third-order valence-corrected chi connectivity index (χ3v) is 3.51. The molecule has 0 unspecified atom stereocenters. The van der Waals surface area contributed by atoms with Gasteiger partial charge in [0.25, 0.3) is 0 Å². The molecule has 7 nitrogen and oxygen atoms in total. The van der Waals surface area contributed by atoms with Crippen LogP contribution in [-0.4, -0.2) is 25.2 Å². The zero-order valence-corrected chi connectivity index (χ0v) is 14.9. The minimum Gasteiger partial charge on any atom is -0.508 e. The van der Waals surface area contributed by atoms with E-state index in [1.54, 1.807) is 36.4 Å². The summed E-state index contributed by atoms with van der Waals surface area (Å²) in [4.78, 5) is 13.4. The number of benzene rings is 2. The van der Waals surface area contributed by atoms with Crippen LogP contribution in [0.15, 0.2) is 48.5 Å². The molecule has 1 heterocycles. The van der Waals surface area contributed by atoms with E-state index in [9.17, 15) is 10.2 Å². The second kappa shape index (κ2) is 6.87. The van der Waals surface area contributed by atoms with E-state index >= 15 is 0 Å². The van der Waals surface area contributed by atoms with Gasteiger partial charge in [-0.05, 0) is 24.3 Å². The largest absolute Gasteiger partial charge is 0.508 e. The Balaban J connectivity index is 1.96. The Labute approximate surface area is 151 Å². The molecule has 2 aromatic carbocycles. The van der Waals surface area contributed by atoms with E-state index in [0.717, 1.165) is 0 Å². The molecule has 0 radical (unpaired) electrons. The summed E-state index contributed by atoms with van der Waals surface area (Å²) < 4.78 is 0. The summed E-state index contributed by atoms with van der Waals surface area (Å²) in [5, 5.41) is 25.4. The van der Waals surface area contributed by atoms with Gasteiger partial charge in [0, 0.05) is 28.9 Å². The fraction of sp³-hybridized carbons (Fsp3) is 0.211. The first kappa shape index (κ1) is 17.5. The first-order valence-corrected chi connectivity index (χ1v) is 8.18. The zero-order chi connectivity index (χ0) is 18.7. The van der Waals surface area contributed by atoms with Crippen molar-refractivity contribution in [2.75, 3.05) is 10.6 Å². The van der Waals surface area contributed by atoms with Crippen LogP contribution in [0.4, 0.5) is 23.3 Å². The van der Waals surface area contributed by atoms with Crippen LogP contribution in [0.2, 0.25) is 0 Å². The number of phenolic OH excluding ortho intramolecular Hbond substituents is 2. The van der Waals surface area contributed by atoms with Gasteiger partial charge >= 0.3 is 0 Å². The number of aromatic nitrogens is 3. The van der Waals surface area contributed by atoms with Gasteiger partial charge in [-0.3, -0.25) is 0 Å². The van der Waals surface area contributed by atoms with E-state index in [4.69, 9.17) is 0 Å². The second-order valence-electron chi connectivity index (χ2n) is 6.91. The summed E-state index contributed by atoms with van der Waals surface area (Å²) in [6.07, 6.45) is 0. The van der Waals surface area contributed by atoms with Crippen molar-refractivity contribution in [1.82, 2.24) is 15.0 Å². The quantitative estimate of drug-likeness (QED) is 0.562. The van der Waals surface area contributed by atoms with E-state index in [0.29, 0.717) is 29.1 Å². The zero-order valence-electron chi connectivity index (χ0n) is 14.9. The van der Waals surface area contributed by atoms with Crippen LogP contribution < -0.4 is 10.6 Å². The third kappa shape index (κ3) is 4.38. The fourth-order valence-corrected chi connectivity index (χ4v) is 2.25. The summed E-state index contributed by atoms with van der Waals surface area (Å²) in [6.45, 7) is 6.04. The van der Waals surface area contributed by atoms with Crippen molar-refractivity contribution in [3.8, 4) is 11.5 Å². The van der Waals surface area contributed by atoms with Crippen LogP contribution in [0.1, 0.15) is 26.6 Å².